The SMILES string of the molecule is CCCS(=O)(=O)N1CC[C@@H]2OCC[C@]2(c2nc(C)no2)C1. The predicted molar refractivity (Wildman–Crippen MR) is 75.3 cm³/mol. The van der Waals surface area contributed by atoms with Gasteiger partial charge in [-0.3, -0.25) is 0 Å². The normalized spacial score (nSPS) is 30.5. The van der Waals surface area contributed by atoms with Crippen molar-refractivity contribution in [1.29, 1.82) is 0 Å². The average Bonchev–Trinajstić information content (AvgIpc) is 3.04. The zero-order valence-corrected chi connectivity index (χ0v) is 13.2. The zero-order chi connectivity index (χ0) is 15.1. The number of nitrogens with zero attached hydrogens (tertiary/aromatic N) is 3. The number of hydrogen-bond donors (Lipinski definition) is 0. The van der Waals surface area contributed by atoms with Crippen molar-refractivity contribution in [1.82, 2.24) is 14.4 Å². The number of piperidine rings is 1. The topological polar surface area (TPSA) is 85.5 Å². The van der Waals surface area contributed by atoms with Gasteiger partial charge in [0, 0.05) is 19.7 Å². The molecule has 2 aliphatic heterocycles. The third-order valence-electron chi connectivity index (χ3n) is 4.39. The van der Waals surface area contributed by atoms with Crippen LogP contribution in [-0.2, 0) is 20.2 Å². The Morgan fingerprint density at radius 3 is 2.95 bits per heavy atom. The quantitative estimate of drug-likeness (QED) is 0.819. The Bertz CT molecular complexity index is 615. The molecule has 1 aromatic heterocycles. The Balaban J connectivity index is 1.93. The maximum absolute atomic E-state index is 12.4. The summed E-state index contributed by atoms with van der Waals surface area (Å²) in [4.78, 5) is 4.35. The van der Waals surface area contributed by atoms with E-state index >= 15 is 0 Å². The molecule has 0 spiro atoms. The maximum atomic E-state index is 12.4. The van der Waals surface area contributed by atoms with Crippen LogP contribution in [-0.4, -0.2) is 54.4 Å². The molecule has 8 heteroatoms. The molecule has 0 unspecified atom stereocenters. The van der Waals surface area contributed by atoms with E-state index in [0.29, 0.717) is 44.3 Å². The smallest absolute Gasteiger partial charge is 0.236 e. The van der Waals surface area contributed by atoms with Gasteiger partial charge in [0.25, 0.3) is 0 Å². The van der Waals surface area contributed by atoms with Gasteiger partial charge in [-0.2, -0.15) is 4.98 Å². The number of aromatic nitrogens is 2. The maximum Gasteiger partial charge on any atom is 0.236 e. The second-order valence-corrected chi connectivity index (χ2v) is 7.94. The minimum absolute atomic E-state index is 0.0366. The summed E-state index contributed by atoms with van der Waals surface area (Å²) < 4.78 is 37.5. The molecule has 2 saturated heterocycles. The number of hydrogen-bond acceptors (Lipinski definition) is 6. The molecule has 0 radical (unpaired) electrons. The van der Waals surface area contributed by atoms with Gasteiger partial charge >= 0.3 is 0 Å². The van der Waals surface area contributed by atoms with Crippen LogP contribution in [0, 0.1) is 6.92 Å². The van der Waals surface area contributed by atoms with Crippen LogP contribution in [0.2, 0.25) is 0 Å². The van der Waals surface area contributed by atoms with E-state index < -0.39 is 15.4 Å². The van der Waals surface area contributed by atoms with Crippen LogP contribution in [0.15, 0.2) is 4.52 Å². The summed E-state index contributed by atoms with van der Waals surface area (Å²) in [7, 11) is -3.22. The summed E-state index contributed by atoms with van der Waals surface area (Å²) in [6, 6.07) is 0. The highest BCUT2D eigenvalue weighted by atomic mass is 32.2. The summed E-state index contributed by atoms with van der Waals surface area (Å²) in [5.74, 6) is 1.26. The van der Waals surface area contributed by atoms with E-state index in [1.165, 1.54) is 0 Å². The molecule has 3 rings (SSSR count). The third-order valence-corrected chi connectivity index (χ3v) is 6.41. The lowest BCUT2D eigenvalue weighted by atomic mass is 9.77. The molecule has 21 heavy (non-hydrogen) atoms. The van der Waals surface area contributed by atoms with Crippen molar-refractivity contribution in [2.45, 2.75) is 44.6 Å². The van der Waals surface area contributed by atoms with E-state index in [9.17, 15) is 8.42 Å². The Morgan fingerprint density at radius 2 is 2.29 bits per heavy atom. The number of aryl methyl sites for hydroxylation is 1. The van der Waals surface area contributed by atoms with Crippen molar-refractivity contribution < 1.29 is 17.7 Å². The summed E-state index contributed by atoms with van der Waals surface area (Å²) >= 11 is 0. The van der Waals surface area contributed by atoms with Gasteiger partial charge in [0.05, 0.1) is 17.3 Å². The summed E-state index contributed by atoms with van der Waals surface area (Å²) in [5, 5.41) is 3.86. The number of fused-ring (bicyclic) bond motifs is 1. The van der Waals surface area contributed by atoms with Crippen molar-refractivity contribution in [2.75, 3.05) is 25.4 Å². The lowest BCUT2D eigenvalue weighted by Crippen LogP contribution is -2.54. The van der Waals surface area contributed by atoms with E-state index in [2.05, 4.69) is 10.1 Å². The molecule has 7 nitrogen and oxygen atoms in total. The largest absolute Gasteiger partial charge is 0.377 e. The first-order valence-electron chi connectivity index (χ1n) is 7.38. The van der Waals surface area contributed by atoms with Crippen LogP contribution in [0.5, 0.6) is 0 Å². The lowest BCUT2D eigenvalue weighted by Gasteiger charge is -2.40. The van der Waals surface area contributed by atoms with Gasteiger partial charge in [0.1, 0.15) is 0 Å². The third kappa shape index (κ3) is 2.49. The second kappa shape index (κ2) is 5.33. The molecule has 0 amide bonds. The van der Waals surface area contributed by atoms with Gasteiger partial charge in [-0.25, -0.2) is 12.7 Å². The predicted octanol–water partition coefficient (Wildman–Crippen LogP) is 0.850. The van der Waals surface area contributed by atoms with Crippen molar-refractivity contribution >= 4 is 10.0 Å². The molecule has 3 heterocycles. The highest BCUT2D eigenvalue weighted by Crippen LogP contribution is 2.43. The first kappa shape index (κ1) is 14.9. The molecule has 2 atom stereocenters. The fourth-order valence-corrected chi connectivity index (χ4v) is 4.92. The van der Waals surface area contributed by atoms with Crippen LogP contribution in [0.25, 0.3) is 0 Å². The molecule has 0 saturated carbocycles. The van der Waals surface area contributed by atoms with Gasteiger partial charge in [-0.05, 0) is 26.2 Å². The van der Waals surface area contributed by atoms with Gasteiger partial charge in [-0.1, -0.05) is 12.1 Å². The first-order chi connectivity index (χ1) is 9.98. The van der Waals surface area contributed by atoms with Gasteiger partial charge in [0.15, 0.2) is 5.82 Å². The number of rotatable bonds is 4. The molecule has 0 bridgehead atoms. The fraction of sp³-hybridized carbons (Fsp3) is 0.846. The number of ether oxygens (including phenoxy) is 1. The molecular formula is C13H21N3O4S. The van der Waals surface area contributed by atoms with Crippen molar-refractivity contribution in [3.05, 3.63) is 11.7 Å². The molecule has 1 aromatic rings. The van der Waals surface area contributed by atoms with Crippen LogP contribution in [0.1, 0.15) is 37.9 Å². The molecular weight excluding hydrogens is 294 g/mol. The molecule has 2 fully saturated rings. The average molecular weight is 315 g/mol. The molecule has 0 aromatic carbocycles. The van der Waals surface area contributed by atoms with E-state index in [1.54, 1.807) is 11.2 Å². The van der Waals surface area contributed by atoms with Gasteiger partial charge < -0.3 is 9.26 Å². The highest BCUT2D eigenvalue weighted by Gasteiger charge is 2.54. The van der Waals surface area contributed by atoms with Crippen LogP contribution >= 0.6 is 0 Å². The fourth-order valence-electron chi connectivity index (χ4n) is 3.34. The summed E-state index contributed by atoms with van der Waals surface area (Å²) in [6.07, 6.45) is 1.97. The molecule has 0 aliphatic carbocycles. The first-order valence-corrected chi connectivity index (χ1v) is 8.99. The Labute approximate surface area is 124 Å². The minimum Gasteiger partial charge on any atom is -0.377 e. The standard InChI is InChI=1S/C13H21N3O4S/c1-3-8-21(17,18)16-6-4-11-13(9-16,5-7-19-11)12-14-10(2)15-20-12/h11H,3-9H2,1-2H3/t11-,13-/m0/s1. The van der Waals surface area contributed by atoms with Crippen molar-refractivity contribution in [2.24, 2.45) is 0 Å². The van der Waals surface area contributed by atoms with E-state index in [0.717, 1.165) is 6.42 Å². The van der Waals surface area contributed by atoms with Crippen molar-refractivity contribution in [3.63, 3.8) is 0 Å². The van der Waals surface area contributed by atoms with E-state index in [-0.39, 0.29) is 11.9 Å². The van der Waals surface area contributed by atoms with Crippen LogP contribution in [0.4, 0.5) is 0 Å². The van der Waals surface area contributed by atoms with E-state index in [4.69, 9.17) is 9.26 Å². The molecule has 0 N–H and O–H groups in total. The van der Waals surface area contributed by atoms with Crippen LogP contribution in [0.3, 0.4) is 0 Å². The second-order valence-electron chi connectivity index (χ2n) is 5.85. The van der Waals surface area contributed by atoms with Gasteiger partial charge in [-0.15, -0.1) is 0 Å². The Hall–Kier alpha value is -0.990. The summed E-state index contributed by atoms with van der Waals surface area (Å²) in [5.41, 5.74) is -0.486. The van der Waals surface area contributed by atoms with Crippen LogP contribution < -0.4 is 0 Å². The lowest BCUT2D eigenvalue weighted by molar-refractivity contribution is 0.0276. The van der Waals surface area contributed by atoms with E-state index in [1.807, 2.05) is 6.92 Å². The zero-order valence-electron chi connectivity index (χ0n) is 12.4. The molecule has 118 valence electrons. The summed E-state index contributed by atoms with van der Waals surface area (Å²) in [6.45, 7) is 5.13. The minimum atomic E-state index is -3.22. The highest BCUT2D eigenvalue weighted by molar-refractivity contribution is 7.89. The Morgan fingerprint density at radius 1 is 1.48 bits per heavy atom. The van der Waals surface area contributed by atoms with Gasteiger partial charge in [0.2, 0.25) is 15.9 Å². The Kier molecular flexibility index (Phi) is 3.79. The molecule has 2 aliphatic rings. The monoisotopic (exact) mass is 315 g/mol. The number of sulfonamides is 1. The van der Waals surface area contributed by atoms with Crippen molar-refractivity contribution in [3.8, 4) is 0 Å².